The Hall–Kier alpha value is -2.83. The zero-order chi connectivity index (χ0) is 19.1. The van der Waals surface area contributed by atoms with Crippen LogP contribution in [0.5, 0.6) is 5.75 Å². The van der Waals surface area contributed by atoms with E-state index in [4.69, 9.17) is 4.74 Å². The molecule has 140 valence electrons. The van der Waals surface area contributed by atoms with Gasteiger partial charge in [0.25, 0.3) is 5.91 Å². The molecule has 2 aromatic rings. The van der Waals surface area contributed by atoms with Gasteiger partial charge in [0.2, 0.25) is 0 Å². The number of amides is 1. The molecule has 1 amide bonds. The summed E-state index contributed by atoms with van der Waals surface area (Å²) in [5.41, 5.74) is 0.863. The number of rotatable bonds is 9. The van der Waals surface area contributed by atoms with Crippen LogP contribution >= 0.6 is 0 Å². The van der Waals surface area contributed by atoms with Crippen LogP contribution in [-0.2, 0) is 4.79 Å². The van der Waals surface area contributed by atoms with E-state index in [2.05, 4.69) is 10.4 Å². The predicted octanol–water partition coefficient (Wildman–Crippen LogP) is 2.89. The van der Waals surface area contributed by atoms with Gasteiger partial charge in [-0.1, -0.05) is 39.0 Å². The van der Waals surface area contributed by atoms with Crippen molar-refractivity contribution in [1.82, 2.24) is 15.1 Å². The van der Waals surface area contributed by atoms with Crippen molar-refractivity contribution in [2.75, 3.05) is 6.61 Å². The monoisotopic (exact) mass is 359 g/mol. The summed E-state index contributed by atoms with van der Waals surface area (Å²) in [7, 11) is 0. The number of carbonyl (C=O) groups excluding carboxylic acids is 1. The van der Waals surface area contributed by atoms with Crippen molar-refractivity contribution < 1.29 is 19.4 Å². The average molecular weight is 359 g/mol. The molecule has 0 aliphatic carbocycles. The van der Waals surface area contributed by atoms with Crippen molar-refractivity contribution in [3.05, 3.63) is 42.2 Å². The van der Waals surface area contributed by atoms with Crippen molar-refractivity contribution in [3.8, 4) is 11.4 Å². The summed E-state index contributed by atoms with van der Waals surface area (Å²) in [4.78, 5) is 24.1. The van der Waals surface area contributed by atoms with Gasteiger partial charge in [-0.2, -0.15) is 5.10 Å². The van der Waals surface area contributed by atoms with Crippen LogP contribution in [0.25, 0.3) is 5.69 Å². The molecular formula is C19H25N3O4. The highest BCUT2D eigenvalue weighted by molar-refractivity contribution is 5.97. The summed E-state index contributed by atoms with van der Waals surface area (Å²) >= 11 is 0. The maximum absolute atomic E-state index is 12.6. The first-order chi connectivity index (χ1) is 12.4. The van der Waals surface area contributed by atoms with Gasteiger partial charge in [-0.15, -0.1) is 0 Å². The maximum Gasteiger partial charge on any atom is 0.326 e. The number of carbonyl (C=O) groups is 2. The second-order valence-corrected chi connectivity index (χ2v) is 6.46. The number of nitrogens with one attached hydrogen (secondary N) is 1. The first kappa shape index (κ1) is 19.5. The predicted molar refractivity (Wildman–Crippen MR) is 97.7 cm³/mol. The van der Waals surface area contributed by atoms with E-state index in [1.807, 2.05) is 51.1 Å². The lowest BCUT2D eigenvalue weighted by molar-refractivity contribution is -0.139. The van der Waals surface area contributed by atoms with Gasteiger partial charge in [-0.05, 0) is 30.9 Å². The summed E-state index contributed by atoms with van der Waals surface area (Å²) < 4.78 is 7.19. The lowest BCUT2D eigenvalue weighted by Gasteiger charge is -2.16. The fraction of sp³-hybridized carbons (Fsp3) is 0.421. The van der Waals surface area contributed by atoms with Gasteiger partial charge in [0.1, 0.15) is 6.04 Å². The van der Waals surface area contributed by atoms with E-state index >= 15 is 0 Å². The first-order valence-corrected chi connectivity index (χ1v) is 8.74. The zero-order valence-electron chi connectivity index (χ0n) is 15.3. The highest BCUT2D eigenvalue weighted by Crippen LogP contribution is 2.20. The Bertz CT molecular complexity index is 740. The number of aromatic nitrogens is 2. The van der Waals surface area contributed by atoms with Crippen LogP contribution in [0.2, 0.25) is 0 Å². The van der Waals surface area contributed by atoms with Gasteiger partial charge in [0.05, 0.1) is 18.5 Å². The van der Waals surface area contributed by atoms with Crippen molar-refractivity contribution >= 4 is 11.9 Å². The van der Waals surface area contributed by atoms with Crippen LogP contribution in [0.4, 0.5) is 0 Å². The normalized spacial score (nSPS) is 12.0. The molecule has 7 nitrogen and oxygen atoms in total. The topological polar surface area (TPSA) is 93.5 Å². The SMILES string of the molecule is CCCOc1cn(-c2ccccc2)nc1C(=O)N[C@@H](CC(C)C)C(=O)O. The third kappa shape index (κ3) is 5.08. The molecule has 0 aliphatic rings. The number of hydrogen-bond acceptors (Lipinski definition) is 4. The highest BCUT2D eigenvalue weighted by atomic mass is 16.5. The van der Waals surface area contributed by atoms with Gasteiger partial charge in [0, 0.05) is 0 Å². The summed E-state index contributed by atoms with van der Waals surface area (Å²) in [6.45, 7) is 6.21. The standard InChI is InChI=1S/C19H25N3O4/c1-4-10-26-16-12-22(14-8-6-5-7-9-14)21-17(16)18(23)20-15(19(24)25)11-13(2)3/h5-9,12-13,15H,4,10-11H2,1-3H3,(H,20,23)(H,24,25)/t15-/m0/s1. The fourth-order valence-corrected chi connectivity index (χ4v) is 2.47. The Balaban J connectivity index is 2.28. The molecule has 1 aromatic carbocycles. The van der Waals surface area contributed by atoms with Gasteiger partial charge in [-0.25, -0.2) is 9.48 Å². The van der Waals surface area contributed by atoms with Crippen molar-refractivity contribution in [2.45, 2.75) is 39.7 Å². The molecule has 0 unspecified atom stereocenters. The molecule has 0 radical (unpaired) electrons. The van der Waals surface area contributed by atoms with Gasteiger partial charge < -0.3 is 15.2 Å². The minimum Gasteiger partial charge on any atom is -0.489 e. The molecule has 2 N–H and O–H groups in total. The number of hydrogen-bond donors (Lipinski definition) is 2. The third-order valence-electron chi connectivity index (χ3n) is 3.69. The van der Waals surface area contributed by atoms with E-state index in [1.165, 1.54) is 0 Å². The van der Waals surface area contributed by atoms with Crippen molar-refractivity contribution in [3.63, 3.8) is 0 Å². The number of ether oxygens (including phenoxy) is 1. The molecule has 2 rings (SSSR count). The molecule has 0 saturated heterocycles. The number of aliphatic carboxylic acids is 1. The average Bonchev–Trinajstić information content (AvgIpc) is 3.04. The van der Waals surface area contributed by atoms with E-state index < -0.39 is 17.9 Å². The molecule has 26 heavy (non-hydrogen) atoms. The van der Waals surface area contributed by atoms with Crippen LogP contribution in [0.15, 0.2) is 36.5 Å². The Morgan fingerprint density at radius 1 is 1.27 bits per heavy atom. The Kier molecular flexibility index (Phi) is 6.77. The van der Waals surface area contributed by atoms with Crippen LogP contribution in [0, 0.1) is 5.92 Å². The Labute approximate surface area is 153 Å². The molecule has 0 fully saturated rings. The van der Waals surface area contributed by atoms with E-state index in [-0.39, 0.29) is 11.6 Å². The van der Waals surface area contributed by atoms with E-state index in [9.17, 15) is 14.7 Å². The van der Waals surface area contributed by atoms with Crippen LogP contribution in [-0.4, -0.2) is 39.4 Å². The van der Waals surface area contributed by atoms with Crippen molar-refractivity contribution in [2.24, 2.45) is 5.92 Å². The first-order valence-electron chi connectivity index (χ1n) is 8.74. The van der Waals surface area contributed by atoms with E-state index in [0.29, 0.717) is 18.8 Å². The van der Waals surface area contributed by atoms with Crippen LogP contribution in [0.3, 0.4) is 0 Å². The number of para-hydroxylation sites is 1. The molecule has 0 bridgehead atoms. The van der Waals surface area contributed by atoms with Gasteiger partial charge in [0.15, 0.2) is 11.4 Å². The lowest BCUT2D eigenvalue weighted by atomic mass is 10.0. The number of benzene rings is 1. The summed E-state index contributed by atoms with van der Waals surface area (Å²) in [5.74, 6) is -1.15. The minimum absolute atomic E-state index is 0.0808. The fourth-order valence-electron chi connectivity index (χ4n) is 2.47. The Morgan fingerprint density at radius 3 is 2.54 bits per heavy atom. The maximum atomic E-state index is 12.6. The minimum atomic E-state index is -1.06. The summed E-state index contributed by atoms with van der Waals surface area (Å²) in [6, 6.07) is 8.37. The smallest absolute Gasteiger partial charge is 0.326 e. The molecule has 7 heteroatoms. The van der Waals surface area contributed by atoms with Crippen molar-refractivity contribution in [1.29, 1.82) is 0 Å². The van der Waals surface area contributed by atoms with E-state index in [0.717, 1.165) is 12.1 Å². The molecule has 0 saturated carbocycles. The Morgan fingerprint density at radius 2 is 1.96 bits per heavy atom. The largest absolute Gasteiger partial charge is 0.489 e. The summed E-state index contributed by atoms with van der Waals surface area (Å²) in [6.07, 6.45) is 2.76. The van der Waals surface area contributed by atoms with Gasteiger partial charge in [-0.3, -0.25) is 4.79 Å². The van der Waals surface area contributed by atoms with Crippen LogP contribution < -0.4 is 10.1 Å². The van der Waals surface area contributed by atoms with Gasteiger partial charge >= 0.3 is 5.97 Å². The molecule has 0 spiro atoms. The second-order valence-electron chi connectivity index (χ2n) is 6.46. The lowest BCUT2D eigenvalue weighted by Crippen LogP contribution is -2.42. The zero-order valence-corrected chi connectivity index (χ0v) is 15.3. The van der Waals surface area contributed by atoms with Crippen LogP contribution in [0.1, 0.15) is 44.1 Å². The highest BCUT2D eigenvalue weighted by Gasteiger charge is 2.26. The number of carboxylic acids is 1. The second kappa shape index (κ2) is 9.03. The molecule has 1 heterocycles. The molecule has 0 aliphatic heterocycles. The molecule has 1 aromatic heterocycles. The number of carboxylic acid groups (broad SMARTS) is 1. The molecule has 1 atom stereocenters. The third-order valence-corrected chi connectivity index (χ3v) is 3.69. The molecular weight excluding hydrogens is 334 g/mol. The quantitative estimate of drug-likeness (QED) is 0.718. The number of nitrogens with zero attached hydrogens (tertiary/aromatic N) is 2. The summed E-state index contributed by atoms with van der Waals surface area (Å²) in [5, 5.41) is 16.2. The van der Waals surface area contributed by atoms with E-state index in [1.54, 1.807) is 10.9 Å².